The standard InChI is InChI=1S/C11H18O4/c1-9(2)10(3)4-5-11(9,8(12)13)15-7-14-6-10/h4-7H2,1-3H3,(H,12,13)/t10?,11-/m0/s1. The lowest BCUT2D eigenvalue weighted by atomic mass is 9.64. The molecule has 1 aliphatic carbocycles. The largest absolute Gasteiger partial charge is 0.479 e. The van der Waals surface area contributed by atoms with Crippen LogP contribution in [0.25, 0.3) is 0 Å². The smallest absolute Gasteiger partial charge is 0.336 e. The van der Waals surface area contributed by atoms with Crippen molar-refractivity contribution in [1.82, 2.24) is 0 Å². The van der Waals surface area contributed by atoms with Crippen molar-refractivity contribution in [3.63, 3.8) is 0 Å². The molecule has 1 aliphatic heterocycles. The molecule has 2 bridgehead atoms. The fraction of sp³-hybridized carbons (Fsp3) is 0.909. The Labute approximate surface area is 89.6 Å². The van der Waals surface area contributed by atoms with Crippen LogP contribution in [0.15, 0.2) is 0 Å². The number of carboxylic acid groups (broad SMARTS) is 1. The summed E-state index contributed by atoms with van der Waals surface area (Å²) in [4.78, 5) is 11.5. The maximum absolute atomic E-state index is 11.5. The topological polar surface area (TPSA) is 55.8 Å². The van der Waals surface area contributed by atoms with Gasteiger partial charge in [0.25, 0.3) is 0 Å². The van der Waals surface area contributed by atoms with Crippen LogP contribution in [0.5, 0.6) is 0 Å². The molecule has 2 atom stereocenters. The number of rotatable bonds is 1. The summed E-state index contributed by atoms with van der Waals surface area (Å²) in [7, 11) is 0. The van der Waals surface area contributed by atoms with E-state index in [1.54, 1.807) is 0 Å². The summed E-state index contributed by atoms with van der Waals surface area (Å²) in [6.07, 6.45) is 1.42. The highest BCUT2D eigenvalue weighted by atomic mass is 16.7. The molecule has 4 nitrogen and oxygen atoms in total. The number of ether oxygens (including phenoxy) is 2. The molecule has 0 radical (unpaired) electrons. The first-order chi connectivity index (χ1) is 6.86. The summed E-state index contributed by atoms with van der Waals surface area (Å²) in [5.74, 6) is -0.860. The van der Waals surface area contributed by atoms with E-state index >= 15 is 0 Å². The fourth-order valence-electron chi connectivity index (χ4n) is 2.91. The van der Waals surface area contributed by atoms with Crippen LogP contribution >= 0.6 is 0 Å². The van der Waals surface area contributed by atoms with Crippen molar-refractivity contribution in [2.75, 3.05) is 13.4 Å². The molecule has 1 saturated carbocycles. The third-order valence-electron chi connectivity index (χ3n) is 4.70. The molecule has 15 heavy (non-hydrogen) atoms. The zero-order valence-electron chi connectivity index (χ0n) is 9.50. The van der Waals surface area contributed by atoms with Gasteiger partial charge >= 0.3 is 5.97 Å². The molecule has 1 heterocycles. The second kappa shape index (κ2) is 2.95. The van der Waals surface area contributed by atoms with Gasteiger partial charge < -0.3 is 14.6 Å². The Kier molecular flexibility index (Phi) is 2.14. The van der Waals surface area contributed by atoms with Gasteiger partial charge in [0.1, 0.15) is 6.79 Å². The zero-order valence-corrected chi connectivity index (χ0v) is 9.50. The Morgan fingerprint density at radius 1 is 1.27 bits per heavy atom. The van der Waals surface area contributed by atoms with Crippen molar-refractivity contribution >= 4 is 5.97 Å². The van der Waals surface area contributed by atoms with Gasteiger partial charge in [-0.3, -0.25) is 0 Å². The lowest BCUT2D eigenvalue weighted by molar-refractivity contribution is -0.193. The van der Waals surface area contributed by atoms with Gasteiger partial charge in [-0.2, -0.15) is 0 Å². The van der Waals surface area contributed by atoms with Gasteiger partial charge in [-0.25, -0.2) is 4.79 Å². The minimum atomic E-state index is -1.07. The minimum absolute atomic E-state index is 0.0886. The molecule has 0 aromatic rings. The minimum Gasteiger partial charge on any atom is -0.479 e. The van der Waals surface area contributed by atoms with E-state index in [-0.39, 0.29) is 12.2 Å². The maximum Gasteiger partial charge on any atom is 0.336 e. The zero-order chi connectivity index (χ0) is 11.3. The number of fused-ring (bicyclic) bond motifs is 2. The molecule has 0 spiro atoms. The summed E-state index contributed by atoms with van der Waals surface area (Å²) >= 11 is 0. The molecule has 1 saturated heterocycles. The van der Waals surface area contributed by atoms with E-state index in [0.717, 1.165) is 6.42 Å². The molecule has 0 aromatic heterocycles. The van der Waals surface area contributed by atoms with Crippen LogP contribution in [0.2, 0.25) is 0 Å². The molecule has 0 aromatic carbocycles. The van der Waals surface area contributed by atoms with Gasteiger partial charge in [0.05, 0.1) is 6.61 Å². The summed E-state index contributed by atoms with van der Waals surface area (Å²) in [5.41, 5.74) is -1.58. The van der Waals surface area contributed by atoms with E-state index in [4.69, 9.17) is 9.47 Å². The van der Waals surface area contributed by atoms with Crippen LogP contribution in [0, 0.1) is 10.8 Å². The van der Waals surface area contributed by atoms with Crippen LogP contribution in [0.3, 0.4) is 0 Å². The summed E-state index contributed by atoms with van der Waals surface area (Å²) in [6.45, 7) is 6.71. The average molecular weight is 214 g/mol. The molecular weight excluding hydrogens is 196 g/mol. The Morgan fingerprint density at radius 3 is 2.53 bits per heavy atom. The van der Waals surface area contributed by atoms with Crippen LogP contribution in [0.1, 0.15) is 33.6 Å². The van der Waals surface area contributed by atoms with Crippen LogP contribution in [-0.2, 0) is 14.3 Å². The first-order valence-corrected chi connectivity index (χ1v) is 5.31. The number of carboxylic acids is 1. The molecule has 2 aliphatic rings. The Morgan fingerprint density at radius 2 is 1.93 bits per heavy atom. The highest BCUT2D eigenvalue weighted by Crippen LogP contribution is 2.60. The van der Waals surface area contributed by atoms with E-state index < -0.39 is 17.0 Å². The van der Waals surface area contributed by atoms with Gasteiger partial charge in [0, 0.05) is 5.41 Å². The van der Waals surface area contributed by atoms with Crippen molar-refractivity contribution < 1.29 is 19.4 Å². The molecule has 86 valence electrons. The molecule has 2 fully saturated rings. The fourth-order valence-corrected chi connectivity index (χ4v) is 2.91. The van der Waals surface area contributed by atoms with Crippen molar-refractivity contribution in [2.24, 2.45) is 10.8 Å². The maximum atomic E-state index is 11.5. The lowest BCUT2D eigenvalue weighted by Gasteiger charge is -2.43. The third-order valence-corrected chi connectivity index (χ3v) is 4.70. The van der Waals surface area contributed by atoms with Crippen molar-refractivity contribution in [2.45, 2.75) is 39.2 Å². The van der Waals surface area contributed by atoms with Crippen LogP contribution < -0.4 is 0 Å². The van der Waals surface area contributed by atoms with E-state index in [2.05, 4.69) is 6.92 Å². The molecule has 2 rings (SSSR count). The summed E-state index contributed by atoms with van der Waals surface area (Å²) in [6, 6.07) is 0. The van der Waals surface area contributed by atoms with E-state index in [0.29, 0.717) is 13.0 Å². The first-order valence-electron chi connectivity index (χ1n) is 5.31. The first kappa shape index (κ1) is 10.9. The molecule has 1 N–H and O–H groups in total. The summed E-state index contributed by atoms with van der Waals surface area (Å²) in [5, 5.41) is 9.41. The highest BCUT2D eigenvalue weighted by molar-refractivity contribution is 5.79. The highest BCUT2D eigenvalue weighted by Gasteiger charge is 2.66. The average Bonchev–Trinajstić information content (AvgIpc) is 2.23. The van der Waals surface area contributed by atoms with Gasteiger partial charge in [-0.1, -0.05) is 20.8 Å². The van der Waals surface area contributed by atoms with Crippen molar-refractivity contribution in [3.8, 4) is 0 Å². The molecule has 0 amide bonds. The van der Waals surface area contributed by atoms with E-state index in [1.165, 1.54) is 0 Å². The number of hydrogen-bond acceptors (Lipinski definition) is 3. The predicted octanol–water partition coefficient (Wildman–Crippen LogP) is 1.64. The number of carbonyl (C=O) groups is 1. The van der Waals surface area contributed by atoms with Crippen LogP contribution in [0.4, 0.5) is 0 Å². The van der Waals surface area contributed by atoms with Crippen molar-refractivity contribution in [3.05, 3.63) is 0 Å². The Balaban J connectivity index is 2.50. The van der Waals surface area contributed by atoms with E-state index in [1.807, 2.05) is 13.8 Å². The monoisotopic (exact) mass is 214 g/mol. The molecule has 4 heteroatoms. The second-order valence-electron chi connectivity index (χ2n) is 5.43. The SMILES string of the molecule is CC12CC[C@@](C(=O)O)(OCOC1)C2(C)C. The Hall–Kier alpha value is -0.610. The molecule has 1 unspecified atom stereocenters. The lowest BCUT2D eigenvalue weighted by Crippen LogP contribution is -2.53. The van der Waals surface area contributed by atoms with Gasteiger partial charge in [-0.15, -0.1) is 0 Å². The predicted molar refractivity (Wildman–Crippen MR) is 53.4 cm³/mol. The quantitative estimate of drug-likeness (QED) is 0.721. The second-order valence-corrected chi connectivity index (χ2v) is 5.43. The van der Waals surface area contributed by atoms with Crippen molar-refractivity contribution in [1.29, 1.82) is 0 Å². The van der Waals surface area contributed by atoms with Gasteiger partial charge in [-0.05, 0) is 18.3 Å². The Bertz CT molecular complexity index is 295. The molecular formula is C11H18O4. The van der Waals surface area contributed by atoms with Gasteiger partial charge in [0.2, 0.25) is 0 Å². The summed E-state index contributed by atoms with van der Waals surface area (Å²) < 4.78 is 10.9. The van der Waals surface area contributed by atoms with E-state index in [9.17, 15) is 9.90 Å². The van der Waals surface area contributed by atoms with Crippen LogP contribution in [-0.4, -0.2) is 30.1 Å². The third kappa shape index (κ3) is 1.12. The normalized spacial score (nSPS) is 43.7. The number of hydrogen-bond donors (Lipinski definition) is 1. The van der Waals surface area contributed by atoms with Gasteiger partial charge in [0.15, 0.2) is 5.60 Å². The number of aliphatic carboxylic acids is 1.